The lowest BCUT2D eigenvalue weighted by molar-refractivity contribution is 0.148. The number of fused-ring (bicyclic) bond motifs is 1. The van der Waals surface area contributed by atoms with Crippen molar-refractivity contribution in [2.75, 3.05) is 13.2 Å². The van der Waals surface area contributed by atoms with E-state index in [1.807, 2.05) is 11.5 Å². The van der Waals surface area contributed by atoms with Crippen molar-refractivity contribution in [3.63, 3.8) is 0 Å². The smallest absolute Gasteiger partial charge is 0.178 e. The van der Waals surface area contributed by atoms with E-state index >= 15 is 0 Å². The summed E-state index contributed by atoms with van der Waals surface area (Å²) >= 11 is 5.25. The van der Waals surface area contributed by atoms with Crippen LogP contribution in [0.3, 0.4) is 0 Å². The maximum absolute atomic E-state index is 13.5. The molecule has 2 aromatic rings. The molecule has 1 heterocycles. The van der Waals surface area contributed by atoms with Crippen molar-refractivity contribution in [2.45, 2.75) is 20.4 Å². The molecule has 0 aliphatic carbocycles. The van der Waals surface area contributed by atoms with Gasteiger partial charge in [-0.1, -0.05) is 12.2 Å². The van der Waals surface area contributed by atoms with E-state index in [2.05, 4.69) is 11.6 Å². The molecule has 0 spiro atoms. The molecule has 0 atom stereocenters. The number of imidazole rings is 1. The van der Waals surface area contributed by atoms with Crippen LogP contribution in [0.25, 0.3) is 11.0 Å². The van der Waals surface area contributed by atoms with Crippen molar-refractivity contribution in [2.24, 2.45) is 0 Å². The number of H-pyrrole nitrogens is 1. The van der Waals surface area contributed by atoms with Gasteiger partial charge in [0.05, 0.1) is 24.2 Å². The fourth-order valence-corrected chi connectivity index (χ4v) is 2.21. The minimum Gasteiger partial charge on any atom is -0.375 e. The van der Waals surface area contributed by atoms with E-state index in [1.165, 1.54) is 6.07 Å². The fraction of sp³-hybridized carbons (Fsp3) is 0.357. The second-order valence-corrected chi connectivity index (χ2v) is 5.10. The lowest BCUT2D eigenvalue weighted by Gasteiger charge is -2.06. The number of aryl methyl sites for hydroxylation is 1. The van der Waals surface area contributed by atoms with Crippen LogP contribution in [-0.2, 0) is 11.3 Å². The van der Waals surface area contributed by atoms with Gasteiger partial charge in [-0.3, -0.25) is 0 Å². The highest BCUT2D eigenvalue weighted by Gasteiger charge is 2.07. The highest BCUT2D eigenvalue weighted by Crippen LogP contribution is 2.18. The van der Waals surface area contributed by atoms with Gasteiger partial charge in [-0.2, -0.15) is 0 Å². The van der Waals surface area contributed by atoms with Gasteiger partial charge in [0.1, 0.15) is 5.82 Å². The van der Waals surface area contributed by atoms with Crippen LogP contribution in [0, 0.1) is 17.5 Å². The minimum atomic E-state index is -0.227. The maximum atomic E-state index is 13.5. The number of nitrogens with zero attached hydrogens (tertiary/aromatic N) is 1. The molecule has 102 valence electrons. The summed E-state index contributed by atoms with van der Waals surface area (Å²) in [6.07, 6.45) is 0. The molecule has 1 aromatic heterocycles. The Hall–Kier alpha value is -1.46. The summed E-state index contributed by atoms with van der Waals surface area (Å²) in [7, 11) is 0. The number of nitrogens with one attached hydrogen (secondary N) is 1. The van der Waals surface area contributed by atoms with E-state index in [-0.39, 0.29) is 5.82 Å². The van der Waals surface area contributed by atoms with Gasteiger partial charge in [0.2, 0.25) is 0 Å². The predicted molar refractivity (Wildman–Crippen MR) is 77.5 cm³/mol. The zero-order valence-electron chi connectivity index (χ0n) is 11.1. The summed E-state index contributed by atoms with van der Waals surface area (Å²) in [5.74, 6) is -0.227. The molecule has 0 aliphatic rings. The van der Waals surface area contributed by atoms with Gasteiger partial charge in [-0.15, -0.1) is 0 Å². The average Bonchev–Trinajstić information content (AvgIpc) is 2.61. The molecule has 1 aromatic carbocycles. The number of hydrogen-bond acceptors (Lipinski definition) is 2. The standard InChI is InChI=1S/C14H17FN2OS/c1-9(2)8-18-5-4-17-13-6-10(3)11(15)7-12(13)16-14(17)19/h6-7H,1,4-5,8H2,2-3H3,(H,16,19). The van der Waals surface area contributed by atoms with Crippen LogP contribution in [0.15, 0.2) is 24.3 Å². The van der Waals surface area contributed by atoms with Crippen LogP contribution in [-0.4, -0.2) is 22.8 Å². The Balaban J connectivity index is 2.23. The third-order valence-electron chi connectivity index (χ3n) is 2.86. The third kappa shape index (κ3) is 3.11. The van der Waals surface area contributed by atoms with Gasteiger partial charge in [-0.25, -0.2) is 4.39 Å². The molecular weight excluding hydrogens is 263 g/mol. The van der Waals surface area contributed by atoms with Gasteiger partial charge in [0.25, 0.3) is 0 Å². The lowest BCUT2D eigenvalue weighted by Crippen LogP contribution is -2.07. The monoisotopic (exact) mass is 280 g/mol. The Kier molecular flexibility index (Phi) is 4.17. The second kappa shape index (κ2) is 5.67. The first kappa shape index (κ1) is 14.0. The van der Waals surface area contributed by atoms with Crippen molar-refractivity contribution in [3.8, 4) is 0 Å². The van der Waals surface area contributed by atoms with Crippen LogP contribution in [0.4, 0.5) is 4.39 Å². The van der Waals surface area contributed by atoms with Crippen molar-refractivity contribution in [1.29, 1.82) is 0 Å². The molecule has 0 radical (unpaired) electrons. The number of hydrogen-bond donors (Lipinski definition) is 1. The first-order valence-corrected chi connectivity index (χ1v) is 6.50. The molecular formula is C14H17FN2OS. The Morgan fingerprint density at radius 2 is 2.26 bits per heavy atom. The number of benzene rings is 1. The molecule has 0 fully saturated rings. The van der Waals surface area contributed by atoms with Crippen LogP contribution in [0.2, 0.25) is 0 Å². The van der Waals surface area contributed by atoms with E-state index in [1.54, 1.807) is 13.0 Å². The molecule has 1 N–H and O–H groups in total. The Labute approximate surface area is 116 Å². The quantitative estimate of drug-likeness (QED) is 0.514. The first-order valence-electron chi connectivity index (χ1n) is 6.10. The number of aromatic amines is 1. The van der Waals surface area contributed by atoms with Crippen LogP contribution >= 0.6 is 12.2 Å². The van der Waals surface area contributed by atoms with Crippen LogP contribution in [0.1, 0.15) is 12.5 Å². The highest BCUT2D eigenvalue weighted by molar-refractivity contribution is 7.71. The predicted octanol–water partition coefficient (Wildman–Crippen LogP) is 3.74. The van der Waals surface area contributed by atoms with E-state index in [0.29, 0.717) is 35.6 Å². The SMILES string of the molecule is C=C(C)COCCn1c(=S)[nH]c2cc(F)c(C)cc21. The van der Waals surface area contributed by atoms with Gasteiger partial charge < -0.3 is 14.3 Å². The zero-order valence-corrected chi connectivity index (χ0v) is 11.9. The lowest BCUT2D eigenvalue weighted by atomic mass is 10.2. The maximum Gasteiger partial charge on any atom is 0.178 e. The summed E-state index contributed by atoms with van der Waals surface area (Å²) in [5.41, 5.74) is 3.22. The van der Waals surface area contributed by atoms with Gasteiger partial charge in [0, 0.05) is 6.54 Å². The van der Waals surface area contributed by atoms with Gasteiger partial charge >= 0.3 is 0 Å². The largest absolute Gasteiger partial charge is 0.375 e. The fourth-order valence-electron chi connectivity index (χ4n) is 1.91. The number of rotatable bonds is 5. The highest BCUT2D eigenvalue weighted by atomic mass is 32.1. The summed E-state index contributed by atoms with van der Waals surface area (Å²) in [6, 6.07) is 3.28. The van der Waals surface area contributed by atoms with Crippen molar-refractivity contribution in [3.05, 3.63) is 40.4 Å². The third-order valence-corrected chi connectivity index (χ3v) is 3.18. The molecule has 0 aliphatic heterocycles. The van der Waals surface area contributed by atoms with Crippen LogP contribution < -0.4 is 0 Å². The molecule has 0 unspecified atom stereocenters. The number of aromatic nitrogens is 2. The Morgan fingerprint density at radius 1 is 1.53 bits per heavy atom. The van der Waals surface area contributed by atoms with E-state index < -0.39 is 0 Å². The van der Waals surface area contributed by atoms with E-state index in [4.69, 9.17) is 17.0 Å². The van der Waals surface area contributed by atoms with Gasteiger partial charge in [-0.05, 0) is 43.8 Å². The Morgan fingerprint density at radius 3 is 2.95 bits per heavy atom. The minimum absolute atomic E-state index is 0.227. The van der Waals surface area contributed by atoms with Crippen LogP contribution in [0.5, 0.6) is 0 Å². The second-order valence-electron chi connectivity index (χ2n) is 4.71. The van der Waals surface area contributed by atoms with E-state index in [0.717, 1.165) is 11.1 Å². The molecule has 2 rings (SSSR count). The van der Waals surface area contributed by atoms with Crippen molar-refractivity contribution < 1.29 is 9.13 Å². The molecule has 5 heteroatoms. The average molecular weight is 280 g/mol. The van der Waals surface area contributed by atoms with Crippen molar-refractivity contribution >= 4 is 23.3 Å². The summed E-state index contributed by atoms with van der Waals surface area (Å²) < 4.78 is 21.5. The molecule has 0 saturated heterocycles. The number of halogens is 1. The van der Waals surface area contributed by atoms with Crippen molar-refractivity contribution in [1.82, 2.24) is 9.55 Å². The molecule has 0 saturated carbocycles. The first-order chi connectivity index (χ1) is 8.99. The summed E-state index contributed by atoms with van der Waals surface area (Å²) in [4.78, 5) is 3.01. The zero-order chi connectivity index (χ0) is 14.0. The van der Waals surface area contributed by atoms with Gasteiger partial charge in [0.15, 0.2) is 4.77 Å². The van der Waals surface area contributed by atoms with E-state index in [9.17, 15) is 4.39 Å². The molecule has 3 nitrogen and oxygen atoms in total. The molecule has 19 heavy (non-hydrogen) atoms. The number of ether oxygens (including phenoxy) is 1. The normalized spacial score (nSPS) is 11.1. The molecule has 0 amide bonds. The Bertz CT molecular complexity index is 672. The summed E-state index contributed by atoms with van der Waals surface area (Å²) in [6.45, 7) is 9.17. The topological polar surface area (TPSA) is 29.9 Å². The summed E-state index contributed by atoms with van der Waals surface area (Å²) in [5, 5.41) is 0. The molecule has 0 bridgehead atoms.